The Kier molecular flexibility index (Phi) is 4.66. The molecule has 0 amide bonds. The summed E-state index contributed by atoms with van der Waals surface area (Å²) in [6, 6.07) is 3.72. The van der Waals surface area contributed by atoms with Crippen molar-refractivity contribution in [3.8, 4) is 0 Å². The van der Waals surface area contributed by atoms with Crippen LogP contribution < -0.4 is 5.32 Å². The molecule has 0 aliphatic carbocycles. The van der Waals surface area contributed by atoms with Gasteiger partial charge in [0.15, 0.2) is 0 Å². The van der Waals surface area contributed by atoms with Crippen LogP contribution in [0.4, 0.5) is 8.78 Å². The van der Waals surface area contributed by atoms with Crippen molar-refractivity contribution in [1.82, 2.24) is 5.32 Å². The van der Waals surface area contributed by atoms with Gasteiger partial charge in [-0.15, -0.1) is 0 Å². The van der Waals surface area contributed by atoms with Crippen molar-refractivity contribution >= 4 is 0 Å². The Morgan fingerprint density at radius 1 is 1.39 bits per heavy atom. The smallest absolute Gasteiger partial charge is 0.131 e. The maximum atomic E-state index is 13.8. The van der Waals surface area contributed by atoms with Gasteiger partial charge in [0.25, 0.3) is 0 Å². The Labute approximate surface area is 106 Å². The van der Waals surface area contributed by atoms with Crippen LogP contribution in [0.15, 0.2) is 18.2 Å². The van der Waals surface area contributed by atoms with Crippen LogP contribution in [0.2, 0.25) is 0 Å². The summed E-state index contributed by atoms with van der Waals surface area (Å²) in [4.78, 5) is 0. The highest BCUT2D eigenvalue weighted by Crippen LogP contribution is 2.34. The lowest BCUT2D eigenvalue weighted by Gasteiger charge is -2.32. The number of nitrogens with one attached hydrogen (secondary N) is 1. The summed E-state index contributed by atoms with van der Waals surface area (Å²) in [5.41, 5.74) is 0.471. The number of rotatable bonds is 4. The quantitative estimate of drug-likeness (QED) is 0.893. The van der Waals surface area contributed by atoms with Crippen molar-refractivity contribution in [3.05, 3.63) is 35.4 Å². The lowest BCUT2D eigenvalue weighted by Crippen LogP contribution is -2.32. The maximum absolute atomic E-state index is 13.8. The summed E-state index contributed by atoms with van der Waals surface area (Å²) in [5.74, 6) is -0.808. The van der Waals surface area contributed by atoms with E-state index in [0.29, 0.717) is 12.2 Å². The molecule has 1 heterocycles. The molecule has 100 valence electrons. The first-order chi connectivity index (χ1) is 8.72. The molecule has 0 bridgehead atoms. The molecule has 2 nitrogen and oxygen atoms in total. The van der Waals surface area contributed by atoms with E-state index in [1.165, 1.54) is 12.1 Å². The third-order valence-corrected chi connectivity index (χ3v) is 3.37. The zero-order valence-corrected chi connectivity index (χ0v) is 10.6. The number of hydrogen-bond donors (Lipinski definition) is 1. The van der Waals surface area contributed by atoms with E-state index in [0.717, 1.165) is 32.0 Å². The number of hydrogen-bond acceptors (Lipinski definition) is 2. The lowest BCUT2D eigenvalue weighted by atomic mass is 9.89. The van der Waals surface area contributed by atoms with E-state index in [-0.39, 0.29) is 12.0 Å². The van der Waals surface area contributed by atoms with Gasteiger partial charge in [0.1, 0.15) is 11.6 Å². The molecule has 1 aliphatic rings. The minimum atomic E-state index is -0.546. The van der Waals surface area contributed by atoms with E-state index < -0.39 is 11.6 Å². The van der Waals surface area contributed by atoms with Gasteiger partial charge in [-0.05, 0) is 25.5 Å². The summed E-state index contributed by atoms with van der Waals surface area (Å²) >= 11 is 0. The largest absolute Gasteiger partial charge is 0.373 e. The van der Waals surface area contributed by atoms with E-state index in [2.05, 4.69) is 5.32 Å². The molecule has 1 aromatic rings. The van der Waals surface area contributed by atoms with Crippen LogP contribution in [0, 0.1) is 17.6 Å². The summed E-state index contributed by atoms with van der Waals surface area (Å²) in [6.07, 6.45) is 1.74. The van der Waals surface area contributed by atoms with E-state index in [9.17, 15) is 8.78 Å². The first-order valence-electron chi connectivity index (χ1n) is 6.49. The topological polar surface area (TPSA) is 21.3 Å². The molecule has 18 heavy (non-hydrogen) atoms. The molecular weight excluding hydrogens is 236 g/mol. The minimum Gasteiger partial charge on any atom is -0.373 e. The second-order valence-corrected chi connectivity index (χ2v) is 4.67. The van der Waals surface area contributed by atoms with Crippen molar-refractivity contribution in [2.45, 2.75) is 25.9 Å². The molecule has 0 spiro atoms. The van der Waals surface area contributed by atoms with Gasteiger partial charge in [0, 0.05) is 30.7 Å². The molecule has 2 unspecified atom stereocenters. The summed E-state index contributed by atoms with van der Waals surface area (Å²) in [6.45, 7) is 4.37. The summed E-state index contributed by atoms with van der Waals surface area (Å²) in [7, 11) is 0. The molecule has 1 aliphatic heterocycles. The zero-order chi connectivity index (χ0) is 13.0. The van der Waals surface area contributed by atoms with Crippen molar-refractivity contribution < 1.29 is 13.5 Å². The van der Waals surface area contributed by atoms with Gasteiger partial charge >= 0.3 is 0 Å². The lowest BCUT2D eigenvalue weighted by molar-refractivity contribution is -0.0295. The molecule has 0 radical (unpaired) electrons. The van der Waals surface area contributed by atoms with Gasteiger partial charge in [-0.2, -0.15) is 0 Å². The molecule has 0 aromatic heterocycles. The van der Waals surface area contributed by atoms with E-state index in [1.54, 1.807) is 0 Å². The highest BCUT2D eigenvalue weighted by molar-refractivity contribution is 5.22. The molecule has 1 fully saturated rings. The molecule has 2 rings (SSSR count). The molecule has 1 N–H and O–H groups in total. The number of benzene rings is 1. The molecule has 2 atom stereocenters. The van der Waals surface area contributed by atoms with Gasteiger partial charge in [-0.3, -0.25) is 0 Å². The van der Waals surface area contributed by atoms with Crippen LogP contribution in [0.1, 0.15) is 31.4 Å². The van der Waals surface area contributed by atoms with Crippen LogP contribution >= 0.6 is 0 Å². The predicted molar refractivity (Wildman–Crippen MR) is 66.3 cm³/mol. The minimum absolute atomic E-state index is 0.249. The second kappa shape index (κ2) is 6.25. The number of halogens is 2. The van der Waals surface area contributed by atoms with Crippen LogP contribution in [0.5, 0.6) is 0 Å². The second-order valence-electron chi connectivity index (χ2n) is 4.67. The fourth-order valence-electron chi connectivity index (χ4n) is 2.46. The average molecular weight is 255 g/mol. The van der Waals surface area contributed by atoms with Crippen molar-refractivity contribution in [2.24, 2.45) is 5.92 Å². The normalized spacial score (nSPS) is 24.2. The number of ether oxygens (including phenoxy) is 1. The highest BCUT2D eigenvalue weighted by atomic mass is 19.1. The Morgan fingerprint density at radius 3 is 2.94 bits per heavy atom. The first kappa shape index (κ1) is 13.4. The van der Waals surface area contributed by atoms with E-state index >= 15 is 0 Å². The third kappa shape index (κ3) is 3.06. The summed E-state index contributed by atoms with van der Waals surface area (Å²) in [5, 5.41) is 3.27. The van der Waals surface area contributed by atoms with Crippen LogP contribution in [-0.2, 0) is 4.74 Å². The van der Waals surface area contributed by atoms with Gasteiger partial charge in [-0.25, -0.2) is 8.78 Å². The van der Waals surface area contributed by atoms with Crippen molar-refractivity contribution in [2.75, 3.05) is 19.7 Å². The fourth-order valence-corrected chi connectivity index (χ4v) is 2.46. The van der Waals surface area contributed by atoms with E-state index in [4.69, 9.17) is 4.74 Å². The Balaban J connectivity index is 2.16. The van der Waals surface area contributed by atoms with Crippen LogP contribution in [0.25, 0.3) is 0 Å². The van der Waals surface area contributed by atoms with Gasteiger partial charge in [0.05, 0.1) is 6.10 Å². The SMILES string of the molecule is CCNCC1CCCOC1c1ccc(F)cc1F. The third-order valence-electron chi connectivity index (χ3n) is 3.37. The Morgan fingerprint density at radius 2 is 2.22 bits per heavy atom. The predicted octanol–water partition coefficient (Wildman–Crippen LogP) is 3.04. The molecule has 1 saturated heterocycles. The molecular formula is C14H19F2NO. The average Bonchev–Trinajstić information content (AvgIpc) is 2.37. The standard InChI is InChI=1S/C14H19F2NO/c1-2-17-9-10-4-3-7-18-14(10)12-6-5-11(15)8-13(12)16/h5-6,8,10,14,17H,2-4,7,9H2,1H3. The highest BCUT2D eigenvalue weighted by Gasteiger charge is 2.29. The molecule has 1 aromatic carbocycles. The zero-order valence-electron chi connectivity index (χ0n) is 10.6. The van der Waals surface area contributed by atoms with Crippen molar-refractivity contribution in [3.63, 3.8) is 0 Å². The van der Waals surface area contributed by atoms with Gasteiger partial charge < -0.3 is 10.1 Å². The Hall–Kier alpha value is -1.00. The van der Waals surface area contributed by atoms with Gasteiger partial charge in [0.2, 0.25) is 0 Å². The molecule has 0 saturated carbocycles. The molecule has 4 heteroatoms. The first-order valence-corrected chi connectivity index (χ1v) is 6.49. The van der Waals surface area contributed by atoms with Crippen LogP contribution in [0.3, 0.4) is 0 Å². The maximum Gasteiger partial charge on any atom is 0.131 e. The van der Waals surface area contributed by atoms with Crippen molar-refractivity contribution in [1.29, 1.82) is 0 Å². The van der Waals surface area contributed by atoms with Gasteiger partial charge in [-0.1, -0.05) is 13.0 Å². The fraction of sp³-hybridized carbons (Fsp3) is 0.571. The summed E-state index contributed by atoms with van der Waals surface area (Å²) < 4.78 is 32.4. The van der Waals surface area contributed by atoms with Crippen LogP contribution in [-0.4, -0.2) is 19.7 Å². The van der Waals surface area contributed by atoms with E-state index in [1.807, 2.05) is 6.92 Å². The Bertz CT molecular complexity index is 397. The monoisotopic (exact) mass is 255 g/mol.